The van der Waals surface area contributed by atoms with Crippen LogP contribution in [-0.2, 0) is 32.5 Å². The van der Waals surface area contributed by atoms with Crippen LogP contribution in [0, 0.1) is 0 Å². The van der Waals surface area contributed by atoms with E-state index in [1.807, 2.05) is 0 Å². The molecule has 0 amide bonds. The molecule has 0 bridgehead atoms. The lowest BCUT2D eigenvalue weighted by atomic mass is 9.33. The molecule has 0 fully saturated rings. The summed E-state index contributed by atoms with van der Waals surface area (Å²) in [6, 6.07) is 75.0. The molecule has 0 unspecified atom stereocenters. The Kier molecular flexibility index (Phi) is 10.9. The minimum atomic E-state index is -0.266. The minimum absolute atomic E-state index is 0.00291. The second-order valence-corrected chi connectivity index (χ2v) is 27.1. The van der Waals surface area contributed by atoms with Gasteiger partial charge in [-0.25, -0.2) is 0 Å². The highest BCUT2D eigenvalue weighted by Gasteiger charge is 2.49. The third-order valence-electron chi connectivity index (χ3n) is 18.8. The van der Waals surface area contributed by atoms with Gasteiger partial charge in [-0.15, -0.1) is 0 Å². The summed E-state index contributed by atoms with van der Waals surface area (Å²) in [7, 11) is 0. The fourth-order valence-electron chi connectivity index (χ4n) is 14.4. The molecule has 9 aromatic carbocycles. The fraction of sp³-hybridized carbons (Fsp3) is 0.270. The van der Waals surface area contributed by atoms with Crippen molar-refractivity contribution in [2.24, 2.45) is 0 Å². The van der Waals surface area contributed by atoms with Crippen molar-refractivity contribution < 1.29 is 0 Å². The van der Waals surface area contributed by atoms with Crippen LogP contribution in [0.4, 0.5) is 51.2 Å². The van der Waals surface area contributed by atoms with Crippen LogP contribution in [-0.4, -0.2) is 6.71 Å². The van der Waals surface area contributed by atoms with Crippen LogP contribution < -0.4 is 31.1 Å². The van der Waals surface area contributed by atoms with Gasteiger partial charge in [0, 0.05) is 67.2 Å². The first-order valence-electron chi connectivity index (χ1n) is 28.5. The SMILES string of the molecule is CC(C)(C)c1ccc(N2c3ccc(C(C)(C)C)cc3B3c4cc5c(cc4N(c4ccc6c(c4)C(C)(C)c4ccccc4C6(C)C)c4cc(N(c6ccccc6)c6ccccc6)cc2c43)C(C)(C)c2ccccc2C5(C)C)cc1. The zero-order valence-corrected chi connectivity index (χ0v) is 48.4. The summed E-state index contributed by atoms with van der Waals surface area (Å²) < 4.78 is 0. The topological polar surface area (TPSA) is 9.72 Å². The van der Waals surface area contributed by atoms with E-state index in [1.165, 1.54) is 100 Å². The average Bonchev–Trinajstić information content (AvgIpc) is 2.12. The Morgan fingerprint density at radius 3 is 1.22 bits per heavy atom. The van der Waals surface area contributed by atoms with Crippen LogP contribution in [0.1, 0.15) is 153 Å². The molecule has 4 aliphatic rings. The summed E-state index contributed by atoms with van der Waals surface area (Å²) in [5.74, 6) is 0. The summed E-state index contributed by atoms with van der Waals surface area (Å²) in [6.07, 6.45) is 0. The lowest BCUT2D eigenvalue weighted by Crippen LogP contribution is -2.62. The fourth-order valence-corrected chi connectivity index (χ4v) is 14.4. The lowest BCUT2D eigenvalue weighted by molar-refractivity contribution is 0.520. The Morgan fingerprint density at radius 2 is 0.718 bits per heavy atom. The van der Waals surface area contributed by atoms with Crippen molar-refractivity contribution in [1.82, 2.24) is 0 Å². The second kappa shape index (κ2) is 17.0. The van der Waals surface area contributed by atoms with Gasteiger partial charge in [-0.3, -0.25) is 0 Å². The van der Waals surface area contributed by atoms with Crippen molar-refractivity contribution in [1.29, 1.82) is 0 Å². The van der Waals surface area contributed by atoms with Crippen LogP contribution in [0.15, 0.2) is 194 Å². The second-order valence-electron chi connectivity index (χ2n) is 27.1. The monoisotopic (exact) mass is 1020 g/mol. The van der Waals surface area contributed by atoms with E-state index < -0.39 is 0 Å². The Labute approximate surface area is 465 Å². The molecule has 0 aromatic heterocycles. The minimum Gasteiger partial charge on any atom is -0.311 e. The smallest absolute Gasteiger partial charge is 0.252 e. The van der Waals surface area contributed by atoms with Gasteiger partial charge in [-0.2, -0.15) is 0 Å². The number of rotatable bonds is 5. The normalized spacial score (nSPS) is 16.7. The molecule has 2 aliphatic carbocycles. The molecule has 0 radical (unpaired) electrons. The zero-order valence-electron chi connectivity index (χ0n) is 48.4. The number of hydrogen-bond acceptors (Lipinski definition) is 3. The van der Waals surface area contributed by atoms with E-state index in [2.05, 4.69) is 306 Å². The maximum absolute atomic E-state index is 2.69. The van der Waals surface area contributed by atoms with Crippen molar-refractivity contribution in [3.05, 3.63) is 250 Å². The van der Waals surface area contributed by atoms with Gasteiger partial charge in [0.25, 0.3) is 6.71 Å². The molecule has 388 valence electrons. The van der Waals surface area contributed by atoms with Crippen LogP contribution >= 0.6 is 0 Å². The highest BCUT2D eigenvalue weighted by Crippen LogP contribution is 2.56. The first-order chi connectivity index (χ1) is 37.0. The van der Waals surface area contributed by atoms with Crippen molar-refractivity contribution in [3.8, 4) is 0 Å². The van der Waals surface area contributed by atoms with Crippen molar-refractivity contribution >= 4 is 74.3 Å². The molecule has 2 heterocycles. The number of nitrogens with zero attached hydrogens (tertiary/aromatic N) is 3. The third kappa shape index (κ3) is 7.31. The molecule has 0 saturated heterocycles. The van der Waals surface area contributed by atoms with Gasteiger partial charge in [0.05, 0.1) is 5.69 Å². The molecule has 0 N–H and O–H groups in total. The van der Waals surface area contributed by atoms with Crippen molar-refractivity contribution in [2.75, 3.05) is 14.7 Å². The molecule has 2 aliphatic heterocycles. The molecular formula is C74H74BN3. The van der Waals surface area contributed by atoms with Gasteiger partial charge >= 0.3 is 0 Å². The molecule has 3 nitrogen and oxygen atoms in total. The van der Waals surface area contributed by atoms with Gasteiger partial charge in [-0.05, 0) is 156 Å². The van der Waals surface area contributed by atoms with Gasteiger partial charge in [0.1, 0.15) is 0 Å². The van der Waals surface area contributed by atoms with E-state index in [0.717, 1.165) is 22.7 Å². The number of hydrogen-bond donors (Lipinski definition) is 0. The molecule has 13 rings (SSSR count). The van der Waals surface area contributed by atoms with Crippen LogP contribution in [0.25, 0.3) is 0 Å². The molecule has 9 aromatic rings. The number of para-hydroxylation sites is 2. The Bertz CT molecular complexity index is 3840. The molecule has 0 saturated carbocycles. The maximum Gasteiger partial charge on any atom is 0.252 e. The van der Waals surface area contributed by atoms with Crippen molar-refractivity contribution in [3.63, 3.8) is 0 Å². The van der Waals surface area contributed by atoms with Crippen LogP contribution in [0.2, 0.25) is 0 Å². The van der Waals surface area contributed by atoms with Gasteiger partial charge in [0.2, 0.25) is 0 Å². The quantitative estimate of drug-likeness (QED) is 0.159. The van der Waals surface area contributed by atoms with E-state index in [-0.39, 0.29) is 39.2 Å². The summed E-state index contributed by atoms with van der Waals surface area (Å²) in [6.45, 7) is 33.5. The number of anilines is 9. The molecule has 4 heteroatoms. The summed E-state index contributed by atoms with van der Waals surface area (Å²) in [5, 5.41) is 0. The number of benzene rings is 9. The van der Waals surface area contributed by atoms with E-state index in [1.54, 1.807) is 0 Å². The lowest BCUT2D eigenvalue weighted by Gasteiger charge is -2.49. The van der Waals surface area contributed by atoms with Gasteiger partial charge in [-0.1, -0.05) is 218 Å². The Balaban J connectivity index is 1.19. The summed E-state index contributed by atoms with van der Waals surface area (Å²) in [5.41, 5.74) is 27.3. The van der Waals surface area contributed by atoms with Crippen molar-refractivity contribution in [2.45, 2.75) is 129 Å². The average molecular weight is 1020 g/mol. The van der Waals surface area contributed by atoms with Gasteiger partial charge < -0.3 is 14.7 Å². The Hall–Kier alpha value is -7.56. The highest BCUT2D eigenvalue weighted by atomic mass is 15.2. The molecule has 0 atom stereocenters. The van der Waals surface area contributed by atoms with Gasteiger partial charge in [0.15, 0.2) is 0 Å². The molecular weight excluding hydrogens is 942 g/mol. The predicted molar refractivity (Wildman–Crippen MR) is 334 cm³/mol. The first kappa shape index (κ1) is 50.0. The number of fused-ring (bicyclic) bond motifs is 8. The maximum atomic E-state index is 2.69. The first-order valence-corrected chi connectivity index (χ1v) is 28.5. The third-order valence-corrected chi connectivity index (χ3v) is 18.8. The summed E-state index contributed by atoms with van der Waals surface area (Å²) in [4.78, 5) is 7.75. The molecule has 0 spiro atoms. The van der Waals surface area contributed by atoms with E-state index >= 15 is 0 Å². The van der Waals surface area contributed by atoms with E-state index in [9.17, 15) is 0 Å². The summed E-state index contributed by atoms with van der Waals surface area (Å²) >= 11 is 0. The van der Waals surface area contributed by atoms with Crippen LogP contribution in [0.5, 0.6) is 0 Å². The highest BCUT2D eigenvalue weighted by molar-refractivity contribution is 7.00. The largest absolute Gasteiger partial charge is 0.311 e. The predicted octanol–water partition coefficient (Wildman–Crippen LogP) is 17.8. The zero-order chi connectivity index (χ0) is 54.6. The Morgan fingerprint density at radius 1 is 0.321 bits per heavy atom. The standard InChI is InChI=1S/C74H74BN3/c1-69(2,3)47-33-36-51(37-34-47)77-64-40-35-48(70(4,5)6)41-62(64)75-63-45-60-61(74(13,14)57-32-24-23-31-56(57)73(60,11)12)46-65(63)78(52-38-39-58-59(42-52)72(9,10)55-30-22-21-29-54(55)71(58,7)8)67-44-53(43-66(77)68(67)75)76(49-25-17-15-18-26-49)50-27-19-16-20-28-50/h15-46H,1-14H3. The van der Waals surface area contributed by atoms with E-state index in [0.29, 0.717) is 0 Å². The molecule has 78 heavy (non-hydrogen) atoms. The van der Waals surface area contributed by atoms with Crippen LogP contribution in [0.3, 0.4) is 0 Å². The van der Waals surface area contributed by atoms with E-state index in [4.69, 9.17) is 0 Å².